The fourth-order valence-corrected chi connectivity index (χ4v) is 2.85. The van der Waals surface area contributed by atoms with Crippen LogP contribution in [0.25, 0.3) is 0 Å². The lowest BCUT2D eigenvalue weighted by Crippen LogP contribution is -2.23. The number of benzene rings is 2. The Balaban J connectivity index is 2.44. The summed E-state index contributed by atoms with van der Waals surface area (Å²) in [5.74, 6) is 0. The van der Waals surface area contributed by atoms with Crippen LogP contribution in [0.4, 0.5) is 0 Å². The summed E-state index contributed by atoms with van der Waals surface area (Å²) in [7, 11) is 0. The molecule has 1 N–H and O–H groups in total. The molecule has 0 amide bonds. The molecule has 2 rings (SSSR count). The maximum absolute atomic E-state index is 3.64. The molecule has 1 unspecified atom stereocenters. The zero-order chi connectivity index (χ0) is 15.4. The van der Waals surface area contributed by atoms with Crippen molar-refractivity contribution in [2.24, 2.45) is 0 Å². The van der Waals surface area contributed by atoms with Crippen LogP contribution in [0.5, 0.6) is 0 Å². The molecular formula is C20H27N. The molecule has 0 heterocycles. The van der Waals surface area contributed by atoms with Crippen LogP contribution in [0.2, 0.25) is 0 Å². The molecule has 112 valence electrons. The van der Waals surface area contributed by atoms with Gasteiger partial charge in [0.15, 0.2) is 0 Å². The van der Waals surface area contributed by atoms with E-state index in [1.165, 1.54) is 33.4 Å². The molecule has 0 radical (unpaired) electrons. The lowest BCUT2D eigenvalue weighted by Gasteiger charge is -2.22. The van der Waals surface area contributed by atoms with Gasteiger partial charge >= 0.3 is 0 Å². The number of hydrogen-bond acceptors (Lipinski definition) is 1. The lowest BCUT2D eigenvalue weighted by molar-refractivity contribution is 0.627. The fourth-order valence-electron chi connectivity index (χ4n) is 2.85. The first kappa shape index (κ1) is 15.8. The number of rotatable bonds is 5. The van der Waals surface area contributed by atoms with Crippen LogP contribution in [0, 0.1) is 20.8 Å². The summed E-state index contributed by atoms with van der Waals surface area (Å²) in [5.41, 5.74) is 8.23. The molecule has 0 saturated carbocycles. The summed E-state index contributed by atoms with van der Waals surface area (Å²) in [6.45, 7) is 11.9. The molecule has 2 aromatic rings. The van der Waals surface area contributed by atoms with Crippen molar-refractivity contribution in [3.8, 4) is 0 Å². The van der Waals surface area contributed by atoms with Crippen molar-refractivity contribution < 1.29 is 0 Å². The van der Waals surface area contributed by atoms with Gasteiger partial charge in [-0.2, -0.15) is 0 Å². The zero-order valence-electron chi connectivity index (χ0n) is 14.0. The van der Waals surface area contributed by atoms with Gasteiger partial charge < -0.3 is 5.32 Å². The molecule has 0 spiro atoms. The smallest absolute Gasteiger partial charge is 0.0579 e. The molecule has 0 bridgehead atoms. The van der Waals surface area contributed by atoms with Gasteiger partial charge in [-0.1, -0.05) is 50.2 Å². The minimum Gasteiger partial charge on any atom is -0.307 e. The van der Waals surface area contributed by atoms with Gasteiger partial charge in [0.25, 0.3) is 0 Å². The molecule has 0 aliphatic heterocycles. The number of hydrogen-bond donors (Lipinski definition) is 1. The molecule has 21 heavy (non-hydrogen) atoms. The normalized spacial score (nSPS) is 12.4. The minimum absolute atomic E-state index is 0.278. The van der Waals surface area contributed by atoms with E-state index in [4.69, 9.17) is 0 Å². The summed E-state index contributed by atoms with van der Waals surface area (Å²) in [4.78, 5) is 0. The first-order valence-electron chi connectivity index (χ1n) is 7.96. The summed E-state index contributed by atoms with van der Waals surface area (Å²) in [5, 5.41) is 3.64. The van der Waals surface area contributed by atoms with E-state index < -0.39 is 0 Å². The molecule has 2 aromatic carbocycles. The van der Waals surface area contributed by atoms with E-state index in [0.29, 0.717) is 0 Å². The molecule has 0 saturated heterocycles. The fraction of sp³-hybridized carbons (Fsp3) is 0.400. The second-order valence-electron chi connectivity index (χ2n) is 5.88. The van der Waals surface area contributed by atoms with Gasteiger partial charge in [0.1, 0.15) is 0 Å². The zero-order valence-corrected chi connectivity index (χ0v) is 14.0. The molecule has 0 aliphatic carbocycles. The van der Waals surface area contributed by atoms with Crippen LogP contribution >= 0.6 is 0 Å². The van der Waals surface area contributed by atoms with E-state index >= 15 is 0 Å². The van der Waals surface area contributed by atoms with Gasteiger partial charge in [-0.25, -0.2) is 0 Å². The van der Waals surface area contributed by atoms with Crippen molar-refractivity contribution in [2.45, 2.75) is 47.1 Å². The largest absolute Gasteiger partial charge is 0.307 e. The highest BCUT2D eigenvalue weighted by Gasteiger charge is 2.16. The van der Waals surface area contributed by atoms with Crippen molar-refractivity contribution in [1.82, 2.24) is 5.32 Å². The molecular weight excluding hydrogens is 254 g/mol. The Kier molecular flexibility index (Phi) is 5.19. The van der Waals surface area contributed by atoms with Gasteiger partial charge in [-0.05, 0) is 67.1 Å². The summed E-state index contributed by atoms with van der Waals surface area (Å²) < 4.78 is 0. The number of nitrogens with one attached hydrogen (secondary N) is 1. The third-order valence-electron chi connectivity index (χ3n) is 4.32. The average molecular weight is 281 g/mol. The Morgan fingerprint density at radius 1 is 0.857 bits per heavy atom. The predicted octanol–water partition coefficient (Wildman–Crippen LogP) is 4.87. The van der Waals surface area contributed by atoms with Crippen molar-refractivity contribution >= 4 is 0 Å². The van der Waals surface area contributed by atoms with Crippen LogP contribution in [0.1, 0.15) is 53.3 Å². The Hall–Kier alpha value is -1.60. The molecule has 1 atom stereocenters. The monoisotopic (exact) mass is 281 g/mol. The lowest BCUT2D eigenvalue weighted by atomic mass is 9.91. The van der Waals surface area contributed by atoms with Crippen molar-refractivity contribution in [3.05, 3.63) is 69.8 Å². The Labute approximate surface area is 129 Å². The molecule has 0 fully saturated rings. The second kappa shape index (κ2) is 6.91. The first-order valence-corrected chi connectivity index (χ1v) is 7.96. The quantitative estimate of drug-likeness (QED) is 0.824. The van der Waals surface area contributed by atoms with E-state index in [0.717, 1.165) is 13.0 Å². The van der Waals surface area contributed by atoms with Crippen molar-refractivity contribution in [1.29, 1.82) is 0 Å². The molecule has 1 nitrogen and oxygen atoms in total. The van der Waals surface area contributed by atoms with E-state index in [2.05, 4.69) is 76.3 Å². The van der Waals surface area contributed by atoms with Gasteiger partial charge in [0.05, 0.1) is 6.04 Å². The molecule has 0 aromatic heterocycles. The summed E-state index contributed by atoms with van der Waals surface area (Å²) >= 11 is 0. The summed E-state index contributed by atoms with van der Waals surface area (Å²) in [6.07, 6.45) is 1.09. The van der Waals surface area contributed by atoms with Crippen LogP contribution in [0.15, 0.2) is 36.4 Å². The van der Waals surface area contributed by atoms with Gasteiger partial charge in [0, 0.05) is 0 Å². The standard InChI is InChI=1S/C20H27N/c1-6-17-8-10-18(11-9-17)20(21-7-2)19-13-15(4)14(3)12-16(19)5/h8-13,20-21H,6-7H2,1-5H3. The van der Waals surface area contributed by atoms with Crippen LogP contribution < -0.4 is 5.32 Å². The van der Waals surface area contributed by atoms with Crippen LogP contribution in [-0.4, -0.2) is 6.54 Å². The van der Waals surface area contributed by atoms with Crippen molar-refractivity contribution in [3.63, 3.8) is 0 Å². The Morgan fingerprint density at radius 2 is 1.48 bits per heavy atom. The van der Waals surface area contributed by atoms with Gasteiger partial charge in [0.2, 0.25) is 0 Å². The predicted molar refractivity (Wildman–Crippen MR) is 92.0 cm³/mol. The second-order valence-corrected chi connectivity index (χ2v) is 5.88. The van der Waals surface area contributed by atoms with E-state index in [-0.39, 0.29) is 6.04 Å². The highest BCUT2D eigenvalue weighted by Crippen LogP contribution is 2.27. The maximum atomic E-state index is 3.64. The SMILES string of the molecule is CCNC(c1ccc(CC)cc1)c1cc(C)c(C)cc1C. The maximum Gasteiger partial charge on any atom is 0.0579 e. The van der Waals surface area contributed by atoms with Crippen LogP contribution in [-0.2, 0) is 6.42 Å². The molecule has 1 heteroatoms. The Morgan fingerprint density at radius 3 is 2.05 bits per heavy atom. The minimum atomic E-state index is 0.278. The summed E-state index contributed by atoms with van der Waals surface area (Å²) in [6, 6.07) is 13.9. The Bertz CT molecular complexity index is 596. The third-order valence-corrected chi connectivity index (χ3v) is 4.32. The van der Waals surface area contributed by atoms with E-state index in [1.807, 2.05) is 0 Å². The van der Waals surface area contributed by atoms with Crippen LogP contribution in [0.3, 0.4) is 0 Å². The topological polar surface area (TPSA) is 12.0 Å². The van der Waals surface area contributed by atoms with Gasteiger partial charge in [-0.15, -0.1) is 0 Å². The number of aryl methyl sites for hydroxylation is 4. The van der Waals surface area contributed by atoms with Crippen molar-refractivity contribution in [2.75, 3.05) is 6.54 Å². The highest BCUT2D eigenvalue weighted by molar-refractivity contribution is 5.42. The third kappa shape index (κ3) is 3.54. The highest BCUT2D eigenvalue weighted by atomic mass is 14.9. The first-order chi connectivity index (χ1) is 10.1. The van der Waals surface area contributed by atoms with E-state index in [1.54, 1.807) is 0 Å². The molecule has 0 aliphatic rings. The van der Waals surface area contributed by atoms with Gasteiger partial charge in [-0.3, -0.25) is 0 Å². The van der Waals surface area contributed by atoms with E-state index in [9.17, 15) is 0 Å². The average Bonchev–Trinajstić information content (AvgIpc) is 2.49.